The fourth-order valence-corrected chi connectivity index (χ4v) is 12.8. The van der Waals surface area contributed by atoms with Crippen LogP contribution in [-0.4, -0.2) is 21.5 Å². The number of benzene rings is 11. The van der Waals surface area contributed by atoms with Crippen LogP contribution >= 0.6 is 11.9 Å². The zero-order valence-corrected chi connectivity index (χ0v) is 44.8. The molecule has 0 fully saturated rings. The zero-order valence-electron chi connectivity index (χ0n) is 44.0. The van der Waals surface area contributed by atoms with Crippen molar-refractivity contribution in [1.29, 1.82) is 0 Å². The van der Waals surface area contributed by atoms with Gasteiger partial charge in [0.25, 0.3) is 0 Å². The van der Waals surface area contributed by atoms with Gasteiger partial charge in [0.2, 0.25) is 0 Å². The van der Waals surface area contributed by atoms with Gasteiger partial charge in [-0.3, -0.25) is 0 Å². The third-order valence-corrected chi connectivity index (χ3v) is 16.6. The minimum atomic E-state index is 0.841. The first-order valence-electron chi connectivity index (χ1n) is 27.2. The van der Waals surface area contributed by atoms with Gasteiger partial charge in [0.1, 0.15) is 22.3 Å². The summed E-state index contributed by atoms with van der Waals surface area (Å²) in [6.07, 6.45) is 6.39. The molecule has 0 bridgehead atoms. The van der Waals surface area contributed by atoms with Crippen molar-refractivity contribution in [1.82, 2.24) is 9.55 Å². The fourth-order valence-electron chi connectivity index (χ4n) is 12.4. The number of fused-ring (bicyclic) bond motifs is 12. The van der Waals surface area contributed by atoms with E-state index in [1.54, 1.807) is 0 Å². The molecule has 4 aromatic heterocycles. The number of aromatic nitrogens is 2. The first-order valence-corrected chi connectivity index (χ1v) is 28.4. The monoisotopic (exact) mass is 1060 g/mol. The van der Waals surface area contributed by atoms with Crippen molar-refractivity contribution in [3.63, 3.8) is 0 Å². The number of hydrogen-bond donors (Lipinski definition) is 1. The van der Waals surface area contributed by atoms with Crippen molar-refractivity contribution in [2.75, 3.05) is 11.2 Å². The van der Waals surface area contributed by atoms with Gasteiger partial charge in [-0.25, -0.2) is 4.40 Å². The fraction of sp³-hybridized carbons (Fsp3) is 0.0135. The summed E-state index contributed by atoms with van der Waals surface area (Å²) in [6, 6.07) is 86.8. The Bertz CT molecular complexity index is 4990. The van der Waals surface area contributed by atoms with Gasteiger partial charge in [-0.15, -0.1) is 0 Å². The Morgan fingerprint density at radius 1 is 0.407 bits per heavy atom. The largest absolute Gasteiger partial charge is 0.456 e. The summed E-state index contributed by atoms with van der Waals surface area (Å²) in [4.78, 5) is 5.94. The molecule has 0 unspecified atom stereocenters. The van der Waals surface area contributed by atoms with Crippen LogP contribution in [0.4, 0.5) is 11.4 Å². The molecule has 0 saturated heterocycles. The molecule has 0 aliphatic heterocycles. The highest BCUT2D eigenvalue weighted by Crippen LogP contribution is 2.43. The summed E-state index contributed by atoms with van der Waals surface area (Å²) < 4.78 is 20.0. The van der Waals surface area contributed by atoms with Crippen molar-refractivity contribution in [3.05, 3.63) is 278 Å². The molecule has 15 aromatic rings. The Balaban J connectivity index is 0.776. The van der Waals surface area contributed by atoms with E-state index in [1.165, 1.54) is 33.5 Å². The normalized spacial score (nSPS) is 13.5. The molecular formula is C74H48N4O2S. The van der Waals surface area contributed by atoms with E-state index in [1.807, 2.05) is 30.5 Å². The highest BCUT2D eigenvalue weighted by molar-refractivity contribution is 7.97. The van der Waals surface area contributed by atoms with Crippen molar-refractivity contribution in [3.8, 4) is 39.1 Å². The van der Waals surface area contributed by atoms with Crippen molar-refractivity contribution >= 4 is 122 Å². The quantitative estimate of drug-likeness (QED) is 0.146. The molecule has 0 atom stereocenters. The van der Waals surface area contributed by atoms with E-state index in [0.717, 1.165) is 145 Å². The highest BCUT2D eigenvalue weighted by atomic mass is 32.2. The van der Waals surface area contributed by atoms with E-state index in [9.17, 15) is 0 Å². The first-order chi connectivity index (χ1) is 40.0. The predicted octanol–water partition coefficient (Wildman–Crippen LogP) is 20.6. The predicted molar refractivity (Wildman–Crippen MR) is 342 cm³/mol. The maximum Gasteiger partial charge on any atom is 0.136 e. The summed E-state index contributed by atoms with van der Waals surface area (Å²) in [6.45, 7) is 4.78. The lowest BCUT2D eigenvalue weighted by atomic mass is 9.89. The summed E-state index contributed by atoms with van der Waals surface area (Å²) in [5.74, 6) is 0. The second kappa shape index (κ2) is 18.7. The van der Waals surface area contributed by atoms with Crippen LogP contribution in [0.1, 0.15) is 5.56 Å². The third kappa shape index (κ3) is 7.69. The summed E-state index contributed by atoms with van der Waals surface area (Å²) in [5.41, 5.74) is 22.7. The minimum Gasteiger partial charge on any atom is -0.456 e. The summed E-state index contributed by atoms with van der Waals surface area (Å²) in [7, 11) is 0. The molecule has 7 heteroatoms. The summed E-state index contributed by atoms with van der Waals surface area (Å²) in [5, 5.41) is 9.29. The van der Waals surface area contributed by atoms with Gasteiger partial charge < -0.3 is 23.3 Å². The lowest BCUT2D eigenvalue weighted by Crippen LogP contribution is -2.23. The number of para-hydroxylation sites is 4. The number of nitrogens with one attached hydrogen (secondary N) is 1. The minimum absolute atomic E-state index is 0.841. The average molecular weight is 1060 g/mol. The number of hydrogen-bond acceptors (Lipinski definition) is 5. The molecule has 81 heavy (non-hydrogen) atoms. The van der Waals surface area contributed by atoms with Crippen LogP contribution in [0.25, 0.3) is 132 Å². The Kier molecular flexibility index (Phi) is 10.8. The van der Waals surface area contributed by atoms with Gasteiger partial charge >= 0.3 is 0 Å². The van der Waals surface area contributed by atoms with Crippen LogP contribution < -0.4 is 4.90 Å². The zero-order chi connectivity index (χ0) is 53.7. The molecule has 1 N–H and O–H groups in total. The molecule has 6 nitrogen and oxygen atoms in total. The van der Waals surface area contributed by atoms with Crippen molar-refractivity contribution in [2.45, 2.75) is 0 Å². The number of furan rings is 2. The molecule has 4 heterocycles. The molecular weight excluding hydrogens is 1010 g/mol. The Labute approximate surface area is 470 Å². The van der Waals surface area contributed by atoms with Crippen LogP contribution in [0.2, 0.25) is 0 Å². The van der Waals surface area contributed by atoms with Gasteiger partial charge in [0.05, 0.1) is 22.4 Å². The lowest BCUT2D eigenvalue weighted by Gasteiger charge is -2.31. The van der Waals surface area contributed by atoms with Crippen LogP contribution in [0.3, 0.4) is 0 Å². The molecule has 11 aromatic carbocycles. The number of rotatable bonds is 9. The van der Waals surface area contributed by atoms with E-state index in [4.69, 9.17) is 19.8 Å². The SMILES string of the molecule is C=C1C(N(c2ccccc2)c2ccc(-c3ccc4oc5ccccc5c4c3)cc2)=CC=C(c2ccc(-n3c4ccc(-c5ccc6c(c5)[nH]c5ccccc56)cc4c4cc(-c5ccc6c(c5)oc5ccccc56)ccc43)cc2)C1=NSC. The number of allylic oxidation sites excluding steroid dienone is 4. The molecule has 0 saturated carbocycles. The topological polar surface area (TPSA) is 62.6 Å². The van der Waals surface area contributed by atoms with E-state index < -0.39 is 0 Å². The van der Waals surface area contributed by atoms with E-state index in [-0.39, 0.29) is 0 Å². The number of anilines is 2. The average Bonchev–Trinajstić information content (AvgIpc) is 4.50. The van der Waals surface area contributed by atoms with E-state index in [0.29, 0.717) is 0 Å². The van der Waals surface area contributed by atoms with Crippen molar-refractivity contribution in [2.24, 2.45) is 4.40 Å². The molecule has 16 rings (SSSR count). The van der Waals surface area contributed by atoms with Gasteiger partial charge in [0, 0.05) is 88.6 Å². The third-order valence-electron chi connectivity index (χ3n) is 16.3. The molecule has 0 radical (unpaired) electrons. The second-order valence-electron chi connectivity index (χ2n) is 20.8. The highest BCUT2D eigenvalue weighted by Gasteiger charge is 2.27. The number of H-pyrrole nitrogens is 1. The van der Waals surface area contributed by atoms with Gasteiger partial charge in [-0.2, -0.15) is 0 Å². The van der Waals surface area contributed by atoms with Crippen LogP contribution in [-0.2, 0) is 0 Å². The van der Waals surface area contributed by atoms with Gasteiger partial charge in [0.15, 0.2) is 0 Å². The lowest BCUT2D eigenvalue weighted by molar-refractivity contribution is 0.668. The van der Waals surface area contributed by atoms with Crippen LogP contribution in [0, 0.1) is 0 Å². The van der Waals surface area contributed by atoms with Crippen LogP contribution in [0.5, 0.6) is 0 Å². The number of nitrogens with zero attached hydrogens (tertiary/aromatic N) is 3. The smallest absolute Gasteiger partial charge is 0.136 e. The second-order valence-corrected chi connectivity index (χ2v) is 21.4. The van der Waals surface area contributed by atoms with Gasteiger partial charge in [-0.1, -0.05) is 146 Å². The Morgan fingerprint density at radius 3 is 1.64 bits per heavy atom. The molecule has 1 aliphatic carbocycles. The maximum atomic E-state index is 6.38. The molecule has 0 amide bonds. The first kappa shape index (κ1) is 46.7. The van der Waals surface area contributed by atoms with Crippen LogP contribution in [0.15, 0.2) is 286 Å². The Hall–Kier alpha value is -10.3. The molecule has 382 valence electrons. The maximum absolute atomic E-state index is 6.38. The number of aromatic amines is 1. The van der Waals surface area contributed by atoms with E-state index in [2.05, 4.69) is 245 Å². The van der Waals surface area contributed by atoms with E-state index >= 15 is 0 Å². The van der Waals surface area contributed by atoms with Crippen molar-refractivity contribution < 1.29 is 8.83 Å². The summed E-state index contributed by atoms with van der Waals surface area (Å²) >= 11 is 1.45. The van der Waals surface area contributed by atoms with Gasteiger partial charge in [-0.05, 0) is 166 Å². The molecule has 1 aliphatic rings. The Morgan fingerprint density at radius 2 is 0.914 bits per heavy atom. The molecule has 0 spiro atoms. The standard InChI is InChI=1S/C74H48N4O2S/c1-45-67(77(53-12-4-3-5-13-53)54-29-20-46(21-30-54)48-28-39-72-64(42-48)60-16-8-11-19-71(60)79-72)38-35-56(74(45)76-81-2)47-22-31-55(32-23-47)78-68-36-26-49(51-24-33-58-57-14-6-9-17-65(57)75-66(58)43-51)40-62(68)63-41-50(27-37-69(63)78)52-25-34-61-59-15-7-10-18-70(59)80-73(61)44-52/h3-44,75H,1H2,2H3.